The van der Waals surface area contributed by atoms with Crippen LogP contribution in [0.25, 0.3) is 0 Å². The first-order valence-corrected chi connectivity index (χ1v) is 6.95. The highest BCUT2D eigenvalue weighted by Crippen LogP contribution is 2.26. The van der Waals surface area contributed by atoms with Crippen molar-refractivity contribution in [3.8, 4) is 0 Å². The molecule has 0 bridgehead atoms. The number of carbonyl (C=O) groups excluding carboxylic acids is 1. The molecule has 5 N–H and O–H groups in total. The summed E-state index contributed by atoms with van der Waals surface area (Å²) in [5.74, 6) is -0.205. The SMILES string of the molecule is COCCNc1nc(N)c(C(=O)N(CCO)CCO)s1. The lowest BCUT2D eigenvalue weighted by Crippen LogP contribution is -2.35. The summed E-state index contributed by atoms with van der Waals surface area (Å²) in [5, 5.41) is 21.4. The number of nitrogens with two attached hydrogens (primary N) is 1. The zero-order valence-electron chi connectivity index (χ0n) is 11.3. The number of methoxy groups -OCH3 is 1. The number of aliphatic hydroxyl groups excluding tert-OH is 2. The number of hydrogen-bond acceptors (Lipinski definition) is 8. The van der Waals surface area contributed by atoms with E-state index >= 15 is 0 Å². The highest BCUT2D eigenvalue weighted by Gasteiger charge is 2.21. The molecule has 0 aliphatic carbocycles. The van der Waals surface area contributed by atoms with Gasteiger partial charge in [0.2, 0.25) is 0 Å². The third-order valence-electron chi connectivity index (χ3n) is 2.46. The number of ether oxygens (including phenoxy) is 1. The van der Waals surface area contributed by atoms with Gasteiger partial charge in [0.1, 0.15) is 10.7 Å². The van der Waals surface area contributed by atoms with Gasteiger partial charge >= 0.3 is 0 Å². The van der Waals surface area contributed by atoms with Crippen LogP contribution in [0, 0.1) is 0 Å². The lowest BCUT2D eigenvalue weighted by Gasteiger charge is -2.19. The molecule has 0 spiro atoms. The van der Waals surface area contributed by atoms with Crippen LogP contribution in [0.5, 0.6) is 0 Å². The van der Waals surface area contributed by atoms with Crippen molar-refractivity contribution in [3.63, 3.8) is 0 Å². The number of aliphatic hydroxyl groups is 2. The summed E-state index contributed by atoms with van der Waals surface area (Å²) in [4.78, 5) is 17.9. The van der Waals surface area contributed by atoms with E-state index in [4.69, 9.17) is 20.7 Å². The van der Waals surface area contributed by atoms with Crippen LogP contribution in [-0.4, -0.2) is 72.6 Å². The predicted octanol–water partition coefficient (Wildman–Crippen LogP) is -0.790. The molecule has 1 heterocycles. The third-order valence-corrected chi connectivity index (χ3v) is 3.47. The fourth-order valence-corrected chi connectivity index (χ4v) is 2.40. The van der Waals surface area contributed by atoms with Gasteiger partial charge in [-0.2, -0.15) is 0 Å². The van der Waals surface area contributed by atoms with E-state index in [1.807, 2.05) is 0 Å². The van der Waals surface area contributed by atoms with Crippen LogP contribution in [-0.2, 0) is 4.74 Å². The van der Waals surface area contributed by atoms with Crippen molar-refractivity contribution in [3.05, 3.63) is 4.88 Å². The van der Waals surface area contributed by atoms with Gasteiger partial charge in [-0.15, -0.1) is 0 Å². The molecular formula is C11H20N4O4S. The first kappa shape index (κ1) is 16.6. The van der Waals surface area contributed by atoms with E-state index in [0.29, 0.717) is 23.2 Å². The largest absolute Gasteiger partial charge is 0.395 e. The normalized spacial score (nSPS) is 10.6. The van der Waals surface area contributed by atoms with Crippen molar-refractivity contribution in [1.82, 2.24) is 9.88 Å². The standard InChI is InChI=1S/C11H20N4O4S/c1-19-7-2-13-11-14-9(12)8(20-11)10(18)15(3-5-16)4-6-17/h16-17H,2-7,12H2,1H3,(H,13,14). The summed E-state index contributed by atoms with van der Waals surface area (Å²) >= 11 is 1.14. The quantitative estimate of drug-likeness (QED) is 0.441. The van der Waals surface area contributed by atoms with E-state index < -0.39 is 0 Å². The summed E-state index contributed by atoms with van der Waals surface area (Å²) in [6.45, 7) is 1.01. The Bertz CT molecular complexity index is 421. The van der Waals surface area contributed by atoms with E-state index in [1.165, 1.54) is 4.90 Å². The monoisotopic (exact) mass is 304 g/mol. The molecule has 1 aromatic heterocycles. The Morgan fingerprint density at radius 1 is 1.45 bits per heavy atom. The second kappa shape index (κ2) is 8.69. The Balaban J connectivity index is 2.75. The molecule has 0 aliphatic heterocycles. The van der Waals surface area contributed by atoms with Gasteiger partial charge in [-0.05, 0) is 0 Å². The molecule has 1 aromatic rings. The van der Waals surface area contributed by atoms with Gasteiger partial charge in [-0.1, -0.05) is 11.3 Å². The fraction of sp³-hybridized carbons (Fsp3) is 0.636. The summed E-state index contributed by atoms with van der Waals surface area (Å²) < 4.78 is 4.90. The number of nitrogens with one attached hydrogen (secondary N) is 1. The number of rotatable bonds is 9. The average Bonchev–Trinajstić information content (AvgIpc) is 2.79. The number of nitrogen functional groups attached to an aromatic ring is 1. The molecule has 0 saturated carbocycles. The van der Waals surface area contributed by atoms with E-state index in [1.54, 1.807) is 7.11 Å². The van der Waals surface area contributed by atoms with Crippen molar-refractivity contribution in [2.75, 3.05) is 57.6 Å². The molecule has 0 aromatic carbocycles. The second-order valence-corrected chi connectivity index (χ2v) is 4.89. The van der Waals surface area contributed by atoms with Crippen LogP contribution < -0.4 is 11.1 Å². The predicted molar refractivity (Wildman–Crippen MR) is 77.0 cm³/mol. The number of carbonyl (C=O) groups is 1. The van der Waals surface area contributed by atoms with Gasteiger partial charge in [0.05, 0.1) is 19.8 Å². The van der Waals surface area contributed by atoms with Gasteiger partial charge in [0.15, 0.2) is 5.13 Å². The van der Waals surface area contributed by atoms with E-state index in [0.717, 1.165) is 11.3 Å². The number of nitrogens with zero attached hydrogens (tertiary/aromatic N) is 2. The van der Waals surface area contributed by atoms with Gasteiger partial charge in [-0.3, -0.25) is 4.79 Å². The van der Waals surface area contributed by atoms with Gasteiger partial charge in [0.25, 0.3) is 5.91 Å². The lowest BCUT2D eigenvalue weighted by atomic mass is 10.4. The summed E-state index contributed by atoms with van der Waals surface area (Å²) in [7, 11) is 1.59. The van der Waals surface area contributed by atoms with E-state index in [2.05, 4.69) is 10.3 Å². The van der Waals surface area contributed by atoms with Crippen molar-refractivity contribution >= 4 is 28.2 Å². The van der Waals surface area contributed by atoms with Crippen LogP contribution in [0.3, 0.4) is 0 Å². The number of anilines is 2. The van der Waals surface area contributed by atoms with Crippen molar-refractivity contribution in [1.29, 1.82) is 0 Å². The molecule has 1 rings (SSSR count). The smallest absolute Gasteiger partial charge is 0.268 e. The third kappa shape index (κ3) is 4.60. The molecular weight excluding hydrogens is 284 g/mol. The molecule has 0 aliphatic rings. The van der Waals surface area contributed by atoms with E-state index in [9.17, 15) is 4.79 Å². The summed E-state index contributed by atoms with van der Waals surface area (Å²) in [6.07, 6.45) is 0. The minimum absolute atomic E-state index is 0.140. The maximum Gasteiger partial charge on any atom is 0.268 e. The fourth-order valence-electron chi connectivity index (χ4n) is 1.52. The topological polar surface area (TPSA) is 121 Å². The second-order valence-electron chi connectivity index (χ2n) is 3.89. The van der Waals surface area contributed by atoms with Gasteiger partial charge in [0, 0.05) is 26.7 Å². The van der Waals surface area contributed by atoms with Crippen molar-refractivity contribution in [2.45, 2.75) is 0 Å². The zero-order chi connectivity index (χ0) is 15.0. The van der Waals surface area contributed by atoms with Crippen LogP contribution in [0.4, 0.5) is 10.9 Å². The molecule has 8 nitrogen and oxygen atoms in total. The molecule has 1 amide bonds. The number of thiazole rings is 1. The molecule has 0 saturated heterocycles. The molecule has 0 unspecified atom stereocenters. The van der Waals surface area contributed by atoms with Gasteiger partial charge in [-0.25, -0.2) is 4.98 Å². The highest BCUT2D eigenvalue weighted by molar-refractivity contribution is 7.18. The Morgan fingerprint density at radius 3 is 2.65 bits per heavy atom. The molecule has 9 heteroatoms. The Hall–Kier alpha value is -1.42. The summed E-state index contributed by atoms with van der Waals surface area (Å²) in [5.41, 5.74) is 5.73. The number of hydrogen-bond donors (Lipinski definition) is 4. The molecule has 0 radical (unpaired) electrons. The minimum atomic E-state index is -0.345. The first-order valence-electron chi connectivity index (χ1n) is 6.14. The Labute approximate surface area is 121 Å². The highest BCUT2D eigenvalue weighted by atomic mass is 32.1. The van der Waals surface area contributed by atoms with Crippen LogP contribution in [0.1, 0.15) is 9.67 Å². The number of amides is 1. The lowest BCUT2D eigenvalue weighted by molar-refractivity contribution is 0.0690. The van der Waals surface area contributed by atoms with Crippen molar-refractivity contribution < 1.29 is 19.7 Å². The van der Waals surface area contributed by atoms with E-state index in [-0.39, 0.29) is 38.0 Å². The van der Waals surface area contributed by atoms with Gasteiger partial charge < -0.3 is 30.9 Å². The molecule has 114 valence electrons. The minimum Gasteiger partial charge on any atom is -0.395 e. The average molecular weight is 304 g/mol. The maximum atomic E-state index is 12.2. The Morgan fingerprint density at radius 2 is 2.10 bits per heavy atom. The summed E-state index contributed by atoms with van der Waals surface area (Å²) in [6, 6.07) is 0. The molecule has 0 fully saturated rings. The van der Waals surface area contributed by atoms with Crippen LogP contribution >= 0.6 is 11.3 Å². The number of aromatic nitrogens is 1. The van der Waals surface area contributed by atoms with Crippen LogP contribution in [0.2, 0.25) is 0 Å². The van der Waals surface area contributed by atoms with Crippen LogP contribution in [0.15, 0.2) is 0 Å². The molecule has 0 atom stereocenters. The molecule has 20 heavy (non-hydrogen) atoms. The maximum absolute atomic E-state index is 12.2. The zero-order valence-corrected chi connectivity index (χ0v) is 12.2. The van der Waals surface area contributed by atoms with Crippen molar-refractivity contribution in [2.24, 2.45) is 0 Å². The Kier molecular flexibility index (Phi) is 7.23. The first-order chi connectivity index (χ1) is 9.63.